The number of carbonyl (C=O) groups is 1. The Morgan fingerprint density at radius 1 is 1.06 bits per heavy atom. The van der Waals surface area contributed by atoms with Crippen molar-refractivity contribution >= 4 is 5.91 Å². The highest BCUT2D eigenvalue weighted by molar-refractivity contribution is 5.76. The van der Waals surface area contributed by atoms with Gasteiger partial charge in [-0.05, 0) is 44.1 Å². The van der Waals surface area contributed by atoms with Crippen molar-refractivity contribution in [3.63, 3.8) is 0 Å². The van der Waals surface area contributed by atoms with Crippen molar-refractivity contribution < 1.29 is 4.79 Å². The first-order chi connectivity index (χ1) is 8.81. The van der Waals surface area contributed by atoms with Crippen LogP contribution in [0, 0.1) is 11.8 Å². The molecule has 0 spiro atoms. The molecule has 2 N–H and O–H groups in total. The van der Waals surface area contributed by atoms with Gasteiger partial charge in [-0.1, -0.05) is 25.7 Å². The lowest BCUT2D eigenvalue weighted by Gasteiger charge is -2.41. The van der Waals surface area contributed by atoms with Gasteiger partial charge in [0.05, 0.1) is 0 Å². The molecule has 1 saturated carbocycles. The third kappa shape index (κ3) is 3.71. The average Bonchev–Trinajstić information content (AvgIpc) is 2.43. The summed E-state index contributed by atoms with van der Waals surface area (Å²) >= 11 is 0. The molecule has 18 heavy (non-hydrogen) atoms. The van der Waals surface area contributed by atoms with E-state index in [0.29, 0.717) is 5.91 Å². The van der Waals surface area contributed by atoms with Crippen molar-refractivity contribution in [3.8, 4) is 0 Å². The van der Waals surface area contributed by atoms with E-state index in [-0.39, 0.29) is 0 Å². The number of rotatable bonds is 5. The third-order valence-electron chi connectivity index (χ3n) is 4.74. The number of piperidine rings is 1. The van der Waals surface area contributed by atoms with E-state index in [1.165, 1.54) is 32.1 Å². The van der Waals surface area contributed by atoms with Crippen molar-refractivity contribution in [1.29, 1.82) is 0 Å². The maximum absolute atomic E-state index is 12.1. The minimum absolute atomic E-state index is 0.385. The zero-order chi connectivity index (χ0) is 12.8. The van der Waals surface area contributed by atoms with Crippen molar-refractivity contribution in [2.24, 2.45) is 17.6 Å². The number of hydrogen-bond donors (Lipinski definition) is 1. The second-order valence-corrected chi connectivity index (χ2v) is 6.03. The fourth-order valence-corrected chi connectivity index (χ4v) is 3.58. The molecule has 1 saturated heterocycles. The molecule has 3 heteroatoms. The van der Waals surface area contributed by atoms with Crippen LogP contribution in [0.25, 0.3) is 0 Å². The van der Waals surface area contributed by atoms with Gasteiger partial charge in [-0.15, -0.1) is 0 Å². The molecular formula is C15H28N2O. The van der Waals surface area contributed by atoms with E-state index >= 15 is 0 Å². The maximum atomic E-state index is 12.1. The number of unbranched alkanes of at least 4 members (excludes halogenated alkanes) is 2. The number of nitrogens with two attached hydrogens (primary N) is 1. The molecule has 1 aliphatic heterocycles. The standard InChI is InChI=1S/C15H28N2O/c16-10-5-1-2-8-15(18)17-11-9-13-6-3-4-7-14(13)12-17/h13-14H,1-12,16H2. The van der Waals surface area contributed by atoms with E-state index in [9.17, 15) is 4.79 Å². The molecule has 0 aromatic rings. The molecule has 2 atom stereocenters. The van der Waals surface area contributed by atoms with Gasteiger partial charge in [-0.25, -0.2) is 0 Å². The van der Waals surface area contributed by atoms with Crippen molar-refractivity contribution in [2.75, 3.05) is 19.6 Å². The van der Waals surface area contributed by atoms with Crippen LogP contribution in [0.4, 0.5) is 0 Å². The lowest BCUT2D eigenvalue weighted by Crippen LogP contribution is -2.44. The molecule has 0 aromatic heterocycles. The molecule has 2 unspecified atom stereocenters. The zero-order valence-electron chi connectivity index (χ0n) is 11.6. The molecule has 104 valence electrons. The molecule has 1 amide bonds. The summed E-state index contributed by atoms with van der Waals surface area (Å²) in [5.41, 5.74) is 5.47. The Morgan fingerprint density at radius 2 is 1.83 bits per heavy atom. The first-order valence-electron chi connectivity index (χ1n) is 7.79. The van der Waals surface area contributed by atoms with Crippen LogP contribution in [0.5, 0.6) is 0 Å². The Labute approximate surface area is 111 Å². The highest BCUT2D eigenvalue weighted by Gasteiger charge is 2.32. The first kappa shape index (κ1) is 13.9. The lowest BCUT2D eigenvalue weighted by molar-refractivity contribution is -0.134. The van der Waals surface area contributed by atoms with Gasteiger partial charge < -0.3 is 10.6 Å². The number of amides is 1. The number of hydrogen-bond acceptors (Lipinski definition) is 2. The number of fused-ring (bicyclic) bond motifs is 1. The topological polar surface area (TPSA) is 46.3 Å². The molecule has 0 radical (unpaired) electrons. The van der Waals surface area contributed by atoms with Gasteiger partial charge in [-0.3, -0.25) is 4.79 Å². The fraction of sp³-hybridized carbons (Fsp3) is 0.933. The zero-order valence-corrected chi connectivity index (χ0v) is 11.6. The van der Waals surface area contributed by atoms with Gasteiger partial charge in [0.25, 0.3) is 0 Å². The molecular weight excluding hydrogens is 224 g/mol. The van der Waals surface area contributed by atoms with E-state index in [2.05, 4.69) is 4.90 Å². The van der Waals surface area contributed by atoms with Crippen molar-refractivity contribution in [3.05, 3.63) is 0 Å². The van der Waals surface area contributed by atoms with Crippen LogP contribution >= 0.6 is 0 Å². The Balaban J connectivity index is 1.71. The first-order valence-corrected chi connectivity index (χ1v) is 7.79. The van der Waals surface area contributed by atoms with Gasteiger partial charge in [0.1, 0.15) is 0 Å². The van der Waals surface area contributed by atoms with Gasteiger partial charge in [-0.2, -0.15) is 0 Å². The Hall–Kier alpha value is -0.570. The van der Waals surface area contributed by atoms with Crippen molar-refractivity contribution in [1.82, 2.24) is 4.90 Å². The van der Waals surface area contributed by atoms with Crippen LogP contribution in [0.2, 0.25) is 0 Å². The summed E-state index contributed by atoms with van der Waals surface area (Å²) in [5, 5.41) is 0. The Morgan fingerprint density at radius 3 is 2.61 bits per heavy atom. The predicted octanol–water partition coefficient (Wildman–Crippen LogP) is 2.54. The van der Waals surface area contributed by atoms with Crippen LogP contribution in [0.3, 0.4) is 0 Å². The molecule has 2 aliphatic rings. The Kier molecular flexibility index (Phi) is 5.48. The van der Waals surface area contributed by atoms with Crippen LogP contribution in [-0.4, -0.2) is 30.4 Å². The maximum Gasteiger partial charge on any atom is 0.222 e. The summed E-state index contributed by atoms with van der Waals surface area (Å²) in [6, 6.07) is 0. The van der Waals surface area contributed by atoms with E-state index in [1.54, 1.807) is 0 Å². The highest BCUT2D eigenvalue weighted by Crippen LogP contribution is 2.36. The van der Waals surface area contributed by atoms with Crippen molar-refractivity contribution in [2.45, 2.75) is 57.8 Å². The molecule has 0 bridgehead atoms. The predicted molar refractivity (Wildman–Crippen MR) is 74.2 cm³/mol. The summed E-state index contributed by atoms with van der Waals surface area (Å²) in [7, 11) is 0. The number of carbonyl (C=O) groups excluding carboxylic acids is 1. The highest BCUT2D eigenvalue weighted by atomic mass is 16.2. The second-order valence-electron chi connectivity index (χ2n) is 6.03. The summed E-state index contributed by atoms with van der Waals surface area (Å²) < 4.78 is 0. The van der Waals surface area contributed by atoms with Crippen LogP contribution in [0.1, 0.15) is 57.8 Å². The summed E-state index contributed by atoms with van der Waals surface area (Å²) in [4.78, 5) is 14.3. The largest absolute Gasteiger partial charge is 0.342 e. The monoisotopic (exact) mass is 252 g/mol. The average molecular weight is 252 g/mol. The van der Waals surface area contributed by atoms with Gasteiger partial charge in [0.2, 0.25) is 5.91 Å². The number of nitrogens with zero attached hydrogens (tertiary/aromatic N) is 1. The minimum Gasteiger partial charge on any atom is -0.342 e. The quantitative estimate of drug-likeness (QED) is 0.764. The lowest BCUT2D eigenvalue weighted by atomic mass is 9.75. The molecule has 1 heterocycles. The molecule has 2 fully saturated rings. The van der Waals surface area contributed by atoms with Crippen LogP contribution in [-0.2, 0) is 4.79 Å². The van der Waals surface area contributed by atoms with E-state index in [1.807, 2.05) is 0 Å². The van der Waals surface area contributed by atoms with Gasteiger partial charge in [0, 0.05) is 19.5 Å². The summed E-state index contributed by atoms with van der Waals surface area (Å²) in [6.45, 7) is 2.80. The molecule has 2 rings (SSSR count). The van der Waals surface area contributed by atoms with Crippen LogP contribution < -0.4 is 5.73 Å². The minimum atomic E-state index is 0.385. The number of likely N-dealkylation sites (tertiary alicyclic amines) is 1. The molecule has 0 aromatic carbocycles. The van der Waals surface area contributed by atoms with Gasteiger partial charge >= 0.3 is 0 Å². The fourth-order valence-electron chi connectivity index (χ4n) is 3.58. The van der Waals surface area contributed by atoms with Gasteiger partial charge in [0.15, 0.2) is 0 Å². The third-order valence-corrected chi connectivity index (χ3v) is 4.74. The normalized spacial score (nSPS) is 27.9. The Bertz CT molecular complexity index is 267. The van der Waals surface area contributed by atoms with Crippen LogP contribution in [0.15, 0.2) is 0 Å². The van der Waals surface area contributed by atoms with E-state index in [4.69, 9.17) is 5.73 Å². The second kappa shape index (κ2) is 7.13. The smallest absolute Gasteiger partial charge is 0.222 e. The SMILES string of the molecule is NCCCCCC(=O)N1CCC2CCCCC2C1. The van der Waals surface area contributed by atoms with E-state index < -0.39 is 0 Å². The van der Waals surface area contributed by atoms with E-state index in [0.717, 1.165) is 57.2 Å². The summed E-state index contributed by atoms with van der Waals surface area (Å²) in [6.07, 6.45) is 10.7. The molecule has 1 aliphatic carbocycles. The molecule has 3 nitrogen and oxygen atoms in total. The summed E-state index contributed by atoms with van der Waals surface area (Å²) in [5.74, 6) is 2.11.